The van der Waals surface area contributed by atoms with Crippen molar-refractivity contribution in [2.45, 2.75) is 64.6 Å². The van der Waals surface area contributed by atoms with Crippen molar-refractivity contribution in [2.75, 3.05) is 13.2 Å². The second-order valence-corrected chi connectivity index (χ2v) is 12.5. The summed E-state index contributed by atoms with van der Waals surface area (Å²) in [4.78, 5) is 44.0. The zero-order valence-corrected chi connectivity index (χ0v) is 24.4. The first-order chi connectivity index (χ1) is 18.8. The molecule has 8 nitrogen and oxygen atoms in total. The molecule has 0 aromatic heterocycles. The number of carboxylic acid groups (broad SMARTS) is 1. The van der Waals surface area contributed by atoms with E-state index < -0.39 is 23.6 Å². The molecule has 214 valence electrons. The fourth-order valence-electron chi connectivity index (χ4n) is 5.80. The number of carbonyl (C=O) groups is 3. The van der Waals surface area contributed by atoms with Crippen LogP contribution < -0.4 is 5.32 Å². The van der Waals surface area contributed by atoms with Crippen LogP contribution >= 0.6 is 23.2 Å². The maximum absolute atomic E-state index is 14.1. The van der Waals surface area contributed by atoms with Crippen LogP contribution in [0.1, 0.15) is 80.4 Å². The number of carbonyl (C=O) groups excluding carboxylic acids is 2. The number of rotatable bonds is 8. The molecule has 1 aliphatic carbocycles. The number of benzene rings is 2. The molecular weight excluding hydrogens is 553 g/mol. The first kappa shape index (κ1) is 30.0. The van der Waals surface area contributed by atoms with Gasteiger partial charge in [-0.05, 0) is 72.9 Å². The van der Waals surface area contributed by atoms with Gasteiger partial charge in [-0.25, -0.2) is 0 Å². The Morgan fingerprint density at radius 1 is 1.10 bits per heavy atom. The molecule has 40 heavy (non-hydrogen) atoms. The number of aliphatic carboxylic acids is 1. The van der Waals surface area contributed by atoms with Crippen molar-refractivity contribution >= 4 is 46.7 Å². The third kappa shape index (κ3) is 6.35. The van der Waals surface area contributed by atoms with Crippen LogP contribution in [0, 0.1) is 11.3 Å². The molecule has 10 heteroatoms. The highest BCUT2D eigenvalue weighted by Gasteiger charge is 2.52. The largest absolute Gasteiger partial charge is 0.481 e. The van der Waals surface area contributed by atoms with Gasteiger partial charge in [0.05, 0.1) is 19.1 Å². The Labute approximate surface area is 244 Å². The summed E-state index contributed by atoms with van der Waals surface area (Å²) in [5, 5.41) is 22.8. The standard InChI is InChI=1S/C30H35Cl2N3O5/c1-29(2,3)21-8-11-30(12-9-21)34-26(20-14-22(31)16-23(32)15-20)28(40)35(30)24(17-36)18-4-6-19(7-5-18)27(39)33-13-10-25(37)38/h4-7,14-16,21,24,36H,8-13,17H2,1-3H3,(H,33,39)(H,37,38). The predicted octanol–water partition coefficient (Wildman–Crippen LogP) is 5.50. The van der Waals surface area contributed by atoms with Gasteiger partial charge in [0.1, 0.15) is 11.4 Å². The van der Waals surface area contributed by atoms with E-state index in [0.29, 0.717) is 45.5 Å². The quantitative estimate of drug-likeness (QED) is 0.377. The maximum Gasteiger partial charge on any atom is 0.305 e. The molecule has 1 atom stereocenters. The molecular formula is C30H35Cl2N3O5. The molecule has 1 spiro atoms. The molecule has 4 rings (SSSR count). The molecule has 1 fully saturated rings. The van der Waals surface area contributed by atoms with Crippen molar-refractivity contribution in [1.29, 1.82) is 0 Å². The SMILES string of the molecule is CC(C)(C)C1CCC2(CC1)N=C(c1cc(Cl)cc(Cl)c1)C(=O)N2C(CO)c1ccc(C(=O)NCCC(=O)O)cc1. The summed E-state index contributed by atoms with van der Waals surface area (Å²) >= 11 is 12.5. The third-order valence-electron chi connectivity index (χ3n) is 8.00. The molecule has 3 N–H and O–H groups in total. The lowest BCUT2D eigenvalue weighted by Gasteiger charge is -2.47. The molecule has 2 aliphatic rings. The van der Waals surface area contributed by atoms with Gasteiger partial charge >= 0.3 is 5.97 Å². The van der Waals surface area contributed by atoms with Crippen molar-refractivity contribution in [3.63, 3.8) is 0 Å². The molecule has 0 bridgehead atoms. The van der Waals surface area contributed by atoms with Crippen LogP contribution in [0.2, 0.25) is 10.0 Å². The summed E-state index contributed by atoms with van der Waals surface area (Å²) in [6, 6.07) is 10.9. The van der Waals surface area contributed by atoms with Crippen LogP contribution in [-0.2, 0) is 9.59 Å². The van der Waals surface area contributed by atoms with Crippen LogP contribution in [0.3, 0.4) is 0 Å². The van der Waals surface area contributed by atoms with Gasteiger partial charge in [-0.2, -0.15) is 0 Å². The van der Waals surface area contributed by atoms with Crippen LogP contribution in [0.4, 0.5) is 0 Å². The number of amides is 2. The number of nitrogens with zero attached hydrogens (tertiary/aromatic N) is 2. The van der Waals surface area contributed by atoms with Gasteiger partial charge < -0.3 is 20.4 Å². The molecule has 0 radical (unpaired) electrons. The number of hydrogen-bond donors (Lipinski definition) is 3. The smallest absolute Gasteiger partial charge is 0.305 e. The third-order valence-corrected chi connectivity index (χ3v) is 8.44. The molecule has 2 aromatic rings. The average molecular weight is 589 g/mol. The number of nitrogens with one attached hydrogen (secondary N) is 1. The highest BCUT2D eigenvalue weighted by Crippen LogP contribution is 2.49. The van der Waals surface area contributed by atoms with Crippen LogP contribution in [-0.4, -0.2) is 57.4 Å². The van der Waals surface area contributed by atoms with Crippen LogP contribution in [0.15, 0.2) is 47.5 Å². The second kappa shape index (κ2) is 11.9. The zero-order valence-electron chi connectivity index (χ0n) is 22.9. The summed E-state index contributed by atoms with van der Waals surface area (Å²) in [5.41, 5.74) is 1.11. The lowest BCUT2D eigenvalue weighted by molar-refractivity contribution is -0.137. The van der Waals surface area contributed by atoms with E-state index in [4.69, 9.17) is 33.3 Å². The number of hydrogen-bond acceptors (Lipinski definition) is 5. The summed E-state index contributed by atoms with van der Waals surface area (Å²) in [6.45, 7) is 6.37. The summed E-state index contributed by atoms with van der Waals surface area (Å²) in [7, 11) is 0. The van der Waals surface area contributed by atoms with Gasteiger partial charge in [-0.3, -0.25) is 19.4 Å². The van der Waals surface area contributed by atoms with E-state index in [0.717, 1.165) is 12.8 Å². The second-order valence-electron chi connectivity index (χ2n) is 11.6. The van der Waals surface area contributed by atoms with E-state index in [2.05, 4.69) is 26.1 Å². The van der Waals surface area contributed by atoms with E-state index in [1.165, 1.54) is 0 Å². The van der Waals surface area contributed by atoms with E-state index in [1.54, 1.807) is 47.4 Å². The Balaban J connectivity index is 1.67. The molecule has 1 heterocycles. The van der Waals surface area contributed by atoms with E-state index in [-0.39, 0.29) is 36.6 Å². The minimum absolute atomic E-state index is 0.0170. The zero-order chi connectivity index (χ0) is 29.2. The first-order valence-electron chi connectivity index (χ1n) is 13.5. The van der Waals surface area contributed by atoms with Crippen molar-refractivity contribution < 1.29 is 24.6 Å². The van der Waals surface area contributed by atoms with E-state index in [9.17, 15) is 19.5 Å². The molecule has 0 saturated heterocycles. The minimum Gasteiger partial charge on any atom is -0.481 e. The lowest BCUT2D eigenvalue weighted by Crippen LogP contribution is -2.52. The van der Waals surface area contributed by atoms with Crippen LogP contribution in [0.5, 0.6) is 0 Å². The van der Waals surface area contributed by atoms with E-state index >= 15 is 0 Å². The first-order valence-corrected chi connectivity index (χ1v) is 14.2. The lowest BCUT2D eigenvalue weighted by atomic mass is 9.69. The normalized spacial score (nSPS) is 21.9. The number of aliphatic imine (C=N–C) groups is 1. The van der Waals surface area contributed by atoms with Crippen molar-refractivity contribution in [1.82, 2.24) is 10.2 Å². The van der Waals surface area contributed by atoms with Gasteiger partial charge in [-0.1, -0.05) is 56.1 Å². The molecule has 2 amide bonds. The van der Waals surface area contributed by atoms with Gasteiger partial charge in [0.2, 0.25) is 0 Å². The Bertz CT molecular complexity index is 1290. The molecule has 1 unspecified atom stereocenters. The molecule has 1 saturated carbocycles. The van der Waals surface area contributed by atoms with Gasteiger partial charge in [0.25, 0.3) is 11.8 Å². The number of aliphatic hydroxyl groups is 1. The predicted molar refractivity (Wildman–Crippen MR) is 155 cm³/mol. The van der Waals surface area contributed by atoms with Gasteiger partial charge in [0.15, 0.2) is 0 Å². The Hall–Kier alpha value is -2.94. The Morgan fingerprint density at radius 3 is 2.23 bits per heavy atom. The topological polar surface area (TPSA) is 119 Å². The number of aliphatic hydroxyl groups excluding tert-OH is 1. The highest BCUT2D eigenvalue weighted by atomic mass is 35.5. The van der Waals surface area contributed by atoms with Gasteiger partial charge in [-0.15, -0.1) is 0 Å². The summed E-state index contributed by atoms with van der Waals surface area (Å²) in [5.74, 6) is -1.22. The number of carboxylic acids is 1. The molecule has 1 aliphatic heterocycles. The number of halogens is 2. The fraction of sp³-hybridized carbons (Fsp3) is 0.467. The van der Waals surface area contributed by atoms with Crippen molar-refractivity contribution in [3.05, 3.63) is 69.2 Å². The Morgan fingerprint density at radius 2 is 1.70 bits per heavy atom. The molecule has 2 aromatic carbocycles. The maximum atomic E-state index is 14.1. The van der Waals surface area contributed by atoms with Crippen LogP contribution in [0.25, 0.3) is 0 Å². The average Bonchev–Trinajstić information content (AvgIpc) is 3.15. The monoisotopic (exact) mass is 587 g/mol. The summed E-state index contributed by atoms with van der Waals surface area (Å²) < 4.78 is 0. The van der Waals surface area contributed by atoms with Crippen molar-refractivity contribution in [2.24, 2.45) is 16.3 Å². The Kier molecular flexibility index (Phi) is 8.93. The summed E-state index contributed by atoms with van der Waals surface area (Å²) in [6.07, 6.45) is 2.89. The minimum atomic E-state index is -0.996. The van der Waals surface area contributed by atoms with Gasteiger partial charge in [0, 0.05) is 27.7 Å². The fourth-order valence-corrected chi connectivity index (χ4v) is 6.33. The van der Waals surface area contributed by atoms with Crippen molar-refractivity contribution in [3.8, 4) is 0 Å². The highest BCUT2D eigenvalue weighted by molar-refractivity contribution is 6.47. The van der Waals surface area contributed by atoms with E-state index in [1.807, 2.05) is 0 Å².